The maximum absolute atomic E-state index is 12.8. The number of phenolic OH excluding ortho intramolecular Hbond substituents is 1. The third-order valence-corrected chi connectivity index (χ3v) is 5.35. The normalized spacial score (nSPS) is 15.4. The Morgan fingerprint density at radius 3 is 2.64 bits per heavy atom. The number of thiocarbonyl (C=S) groups is 1. The van der Waals surface area contributed by atoms with Crippen molar-refractivity contribution in [3.8, 4) is 11.5 Å². The van der Waals surface area contributed by atoms with Crippen LogP contribution in [0.2, 0.25) is 5.02 Å². The highest BCUT2D eigenvalue weighted by atomic mass is 35.5. The maximum Gasteiger partial charge on any atom is 0.270 e. The molecule has 28 heavy (non-hydrogen) atoms. The molecule has 1 heterocycles. The SMILES string of the molecule is CCOc1cc(/C=C2/SC(=S)N(c3ccc([N+](=O)[O-])cc3)C2=O)cc(Cl)c1O. The molecule has 1 amide bonds. The fourth-order valence-corrected chi connectivity index (χ4v) is 4.03. The summed E-state index contributed by atoms with van der Waals surface area (Å²) in [5.74, 6) is -0.308. The molecule has 0 saturated carbocycles. The third kappa shape index (κ3) is 3.96. The molecule has 144 valence electrons. The third-order valence-electron chi connectivity index (χ3n) is 3.76. The molecule has 1 saturated heterocycles. The van der Waals surface area contributed by atoms with Gasteiger partial charge in [-0.05, 0) is 42.8 Å². The lowest BCUT2D eigenvalue weighted by molar-refractivity contribution is -0.384. The molecule has 3 rings (SSSR count). The van der Waals surface area contributed by atoms with E-state index in [4.69, 9.17) is 28.6 Å². The van der Waals surface area contributed by atoms with Gasteiger partial charge in [-0.3, -0.25) is 19.8 Å². The summed E-state index contributed by atoms with van der Waals surface area (Å²) in [5.41, 5.74) is 0.928. The number of amides is 1. The molecule has 0 bridgehead atoms. The summed E-state index contributed by atoms with van der Waals surface area (Å²) < 4.78 is 5.65. The number of anilines is 1. The predicted molar refractivity (Wildman–Crippen MR) is 113 cm³/mol. The molecule has 0 radical (unpaired) electrons. The van der Waals surface area contributed by atoms with Crippen molar-refractivity contribution in [3.63, 3.8) is 0 Å². The fourth-order valence-electron chi connectivity index (χ4n) is 2.51. The van der Waals surface area contributed by atoms with Crippen LogP contribution in [0.15, 0.2) is 41.3 Å². The van der Waals surface area contributed by atoms with Gasteiger partial charge >= 0.3 is 0 Å². The molecule has 1 fully saturated rings. The van der Waals surface area contributed by atoms with Crippen molar-refractivity contribution in [2.75, 3.05) is 11.5 Å². The summed E-state index contributed by atoms with van der Waals surface area (Å²) in [7, 11) is 0. The van der Waals surface area contributed by atoms with Crippen molar-refractivity contribution in [2.45, 2.75) is 6.92 Å². The number of nitrogens with zero attached hydrogens (tertiary/aromatic N) is 2. The van der Waals surface area contributed by atoms with E-state index in [1.807, 2.05) is 0 Å². The molecule has 0 aromatic heterocycles. The van der Waals surface area contributed by atoms with Crippen LogP contribution in [0.4, 0.5) is 11.4 Å². The van der Waals surface area contributed by atoms with E-state index in [2.05, 4.69) is 0 Å². The zero-order valence-corrected chi connectivity index (χ0v) is 16.8. The number of aromatic hydroxyl groups is 1. The average molecular weight is 437 g/mol. The number of thioether (sulfide) groups is 1. The molecule has 1 aliphatic rings. The molecule has 7 nitrogen and oxygen atoms in total. The van der Waals surface area contributed by atoms with Crippen molar-refractivity contribution in [1.82, 2.24) is 0 Å². The summed E-state index contributed by atoms with van der Waals surface area (Å²) in [6.07, 6.45) is 1.60. The average Bonchev–Trinajstić information content (AvgIpc) is 2.93. The van der Waals surface area contributed by atoms with E-state index in [1.165, 1.54) is 35.2 Å². The van der Waals surface area contributed by atoms with Crippen LogP contribution in [0.25, 0.3) is 6.08 Å². The first-order valence-electron chi connectivity index (χ1n) is 7.99. The zero-order valence-electron chi connectivity index (χ0n) is 14.4. The van der Waals surface area contributed by atoms with E-state index in [-0.39, 0.29) is 28.1 Å². The molecule has 0 spiro atoms. The summed E-state index contributed by atoms with van der Waals surface area (Å²) in [6, 6.07) is 8.64. The van der Waals surface area contributed by atoms with E-state index in [9.17, 15) is 20.0 Å². The number of nitro benzene ring substituents is 1. The Bertz CT molecular complexity index is 1010. The van der Waals surface area contributed by atoms with Crippen LogP contribution in [0.3, 0.4) is 0 Å². The number of phenols is 1. The van der Waals surface area contributed by atoms with Gasteiger partial charge in [0, 0.05) is 12.1 Å². The van der Waals surface area contributed by atoms with Gasteiger partial charge in [-0.25, -0.2) is 0 Å². The molecule has 1 aliphatic heterocycles. The first-order valence-corrected chi connectivity index (χ1v) is 9.59. The Kier molecular flexibility index (Phi) is 5.87. The van der Waals surface area contributed by atoms with Gasteiger partial charge in [0.25, 0.3) is 11.6 Å². The maximum atomic E-state index is 12.8. The summed E-state index contributed by atoms with van der Waals surface area (Å²) >= 11 is 12.4. The Morgan fingerprint density at radius 2 is 2.04 bits per heavy atom. The number of hydrogen-bond acceptors (Lipinski definition) is 7. The van der Waals surface area contributed by atoms with Gasteiger partial charge < -0.3 is 9.84 Å². The summed E-state index contributed by atoms with van der Waals surface area (Å²) in [6.45, 7) is 2.12. The van der Waals surface area contributed by atoms with Crippen molar-refractivity contribution in [2.24, 2.45) is 0 Å². The number of rotatable bonds is 5. The standard InChI is InChI=1S/C18H13ClN2O5S2/c1-2-26-14-8-10(7-13(19)16(14)22)9-15-17(23)20(18(27)28-15)11-3-5-12(6-4-11)21(24)25/h3-9,22H,2H2,1H3/b15-9+. The van der Waals surface area contributed by atoms with Gasteiger partial charge in [0.15, 0.2) is 15.8 Å². The first-order chi connectivity index (χ1) is 13.3. The van der Waals surface area contributed by atoms with Crippen molar-refractivity contribution in [3.05, 3.63) is 62.0 Å². The van der Waals surface area contributed by atoms with E-state index in [0.29, 0.717) is 27.1 Å². The van der Waals surface area contributed by atoms with Crippen LogP contribution in [0.1, 0.15) is 12.5 Å². The molecule has 0 unspecified atom stereocenters. The summed E-state index contributed by atoms with van der Waals surface area (Å²) in [5, 5.41) is 20.8. The Hall–Kier alpha value is -2.62. The van der Waals surface area contributed by atoms with E-state index < -0.39 is 4.92 Å². The summed E-state index contributed by atoms with van der Waals surface area (Å²) in [4.78, 5) is 24.7. The second kappa shape index (κ2) is 8.17. The fraction of sp³-hybridized carbons (Fsp3) is 0.111. The van der Waals surface area contributed by atoms with E-state index in [0.717, 1.165) is 11.8 Å². The number of benzene rings is 2. The molecule has 10 heteroatoms. The van der Waals surface area contributed by atoms with Crippen LogP contribution in [0, 0.1) is 10.1 Å². The Balaban J connectivity index is 1.92. The van der Waals surface area contributed by atoms with Crippen molar-refractivity contribution < 1.29 is 19.6 Å². The van der Waals surface area contributed by atoms with E-state index >= 15 is 0 Å². The van der Waals surface area contributed by atoms with Gasteiger partial charge in [0.2, 0.25) is 0 Å². The number of non-ortho nitro benzene ring substituents is 1. The van der Waals surface area contributed by atoms with Crippen LogP contribution >= 0.6 is 35.6 Å². The molecular formula is C18H13ClN2O5S2. The van der Waals surface area contributed by atoms with Crippen molar-refractivity contribution in [1.29, 1.82) is 0 Å². The second-order valence-electron chi connectivity index (χ2n) is 5.57. The predicted octanol–water partition coefficient (Wildman–Crippen LogP) is 4.76. The molecule has 1 N–H and O–H groups in total. The van der Waals surface area contributed by atoms with Gasteiger partial charge in [-0.15, -0.1) is 0 Å². The first kappa shape index (κ1) is 20.1. The van der Waals surface area contributed by atoms with Gasteiger partial charge in [-0.1, -0.05) is 35.6 Å². The highest BCUT2D eigenvalue weighted by Crippen LogP contribution is 2.39. The van der Waals surface area contributed by atoms with Crippen LogP contribution in [-0.2, 0) is 4.79 Å². The molecule has 2 aromatic rings. The van der Waals surface area contributed by atoms with Crippen molar-refractivity contribution >= 4 is 63.3 Å². The quantitative estimate of drug-likeness (QED) is 0.312. The second-order valence-corrected chi connectivity index (χ2v) is 7.66. The monoisotopic (exact) mass is 436 g/mol. The minimum absolute atomic E-state index is 0.0769. The van der Waals surface area contributed by atoms with Crippen LogP contribution in [0.5, 0.6) is 11.5 Å². The topological polar surface area (TPSA) is 92.9 Å². The highest BCUT2D eigenvalue weighted by Gasteiger charge is 2.33. The number of carbonyl (C=O) groups is 1. The molecule has 0 aliphatic carbocycles. The minimum atomic E-state index is -0.515. The molecule has 2 aromatic carbocycles. The molecule has 0 atom stereocenters. The van der Waals surface area contributed by atoms with Gasteiger partial charge in [0.05, 0.1) is 27.1 Å². The molecular weight excluding hydrogens is 424 g/mol. The lowest BCUT2D eigenvalue weighted by Crippen LogP contribution is -2.27. The zero-order chi connectivity index (χ0) is 20.4. The number of carbonyl (C=O) groups excluding carboxylic acids is 1. The number of halogens is 1. The Labute approximate surface area is 174 Å². The van der Waals surface area contributed by atoms with E-state index in [1.54, 1.807) is 19.1 Å². The van der Waals surface area contributed by atoms with Gasteiger partial charge in [0.1, 0.15) is 0 Å². The van der Waals surface area contributed by atoms with Crippen LogP contribution < -0.4 is 9.64 Å². The van der Waals surface area contributed by atoms with Gasteiger partial charge in [-0.2, -0.15) is 0 Å². The number of hydrogen-bond donors (Lipinski definition) is 1. The lowest BCUT2D eigenvalue weighted by atomic mass is 10.1. The number of ether oxygens (including phenoxy) is 1. The Morgan fingerprint density at radius 1 is 1.36 bits per heavy atom. The van der Waals surface area contributed by atoms with Crippen LogP contribution in [-0.4, -0.2) is 26.9 Å². The number of nitro groups is 1. The largest absolute Gasteiger partial charge is 0.503 e. The highest BCUT2D eigenvalue weighted by molar-refractivity contribution is 8.27. The minimum Gasteiger partial charge on any atom is -0.503 e. The lowest BCUT2D eigenvalue weighted by Gasteiger charge is -2.14. The smallest absolute Gasteiger partial charge is 0.270 e.